The van der Waals surface area contributed by atoms with Gasteiger partial charge in [0.1, 0.15) is 5.78 Å². The van der Waals surface area contributed by atoms with Gasteiger partial charge < -0.3 is 5.32 Å². The topological polar surface area (TPSA) is 46.2 Å². The fourth-order valence-electron chi connectivity index (χ4n) is 0.200. The van der Waals surface area contributed by atoms with Gasteiger partial charge in [-0.15, -0.1) is 0 Å². The van der Waals surface area contributed by atoms with Crippen molar-refractivity contribution in [3.05, 3.63) is 0 Å². The number of carbonyl (C=O) groups excluding carboxylic acids is 2. The van der Waals surface area contributed by atoms with E-state index in [0.717, 1.165) is 0 Å². The summed E-state index contributed by atoms with van der Waals surface area (Å²) in [7, 11) is 0. The van der Waals surface area contributed by atoms with Crippen molar-refractivity contribution in [2.75, 3.05) is 6.54 Å². The number of Topliss-reactive ketones (excluding diaryl/α,β-unsaturated/α-hetero) is 1. The van der Waals surface area contributed by atoms with Crippen LogP contribution in [0.4, 0.5) is 4.79 Å². The van der Waals surface area contributed by atoms with Gasteiger partial charge in [-0.3, -0.25) is 9.59 Å². The number of rotatable bonds is 2. The Morgan fingerprint density at radius 2 is 2.12 bits per heavy atom. The zero-order valence-corrected chi connectivity index (χ0v) is 5.37. The molecule has 0 saturated carbocycles. The lowest BCUT2D eigenvalue weighted by Crippen LogP contribution is -2.22. The van der Waals surface area contributed by atoms with Crippen LogP contribution < -0.4 is 5.32 Å². The predicted octanol–water partition coefficient (Wildman–Crippen LogP) is 0.215. The summed E-state index contributed by atoms with van der Waals surface area (Å²) >= 11 is 3.37. The van der Waals surface area contributed by atoms with E-state index in [-0.39, 0.29) is 12.3 Å². The third-order valence-electron chi connectivity index (χ3n) is 0.489. The molecule has 0 rings (SSSR count). The minimum Gasteiger partial charge on any atom is -0.340 e. The molecule has 0 aliphatic rings. The lowest BCUT2D eigenvalue weighted by molar-refractivity contribution is -0.116. The Morgan fingerprint density at radius 3 is 2.25 bits per heavy atom. The molecule has 0 unspecified atom stereocenters. The van der Waals surface area contributed by atoms with Gasteiger partial charge in [-0.1, -0.05) is 12.6 Å². The monoisotopic (exact) mass is 133 g/mol. The predicted molar refractivity (Wildman–Crippen MR) is 33.1 cm³/mol. The summed E-state index contributed by atoms with van der Waals surface area (Å²) in [6.45, 7) is 1.46. The van der Waals surface area contributed by atoms with E-state index in [9.17, 15) is 9.59 Å². The van der Waals surface area contributed by atoms with Crippen LogP contribution in [0.2, 0.25) is 0 Å². The largest absolute Gasteiger partial charge is 0.340 e. The molecule has 0 bridgehead atoms. The summed E-state index contributed by atoms with van der Waals surface area (Å²) in [5.41, 5.74) is 0. The van der Waals surface area contributed by atoms with Crippen molar-refractivity contribution in [1.29, 1.82) is 0 Å². The van der Waals surface area contributed by atoms with E-state index in [4.69, 9.17) is 0 Å². The second-order valence-electron chi connectivity index (χ2n) is 1.36. The second-order valence-corrected chi connectivity index (χ2v) is 1.77. The van der Waals surface area contributed by atoms with Crippen molar-refractivity contribution in [1.82, 2.24) is 5.32 Å². The number of thiol groups is 1. The molecule has 0 spiro atoms. The Labute approximate surface area is 52.9 Å². The number of hydrogen-bond acceptors (Lipinski definition) is 2. The summed E-state index contributed by atoms with van der Waals surface area (Å²) in [6.07, 6.45) is 0. The Kier molecular flexibility index (Phi) is 3.26. The van der Waals surface area contributed by atoms with Crippen molar-refractivity contribution in [3.63, 3.8) is 0 Å². The fourth-order valence-corrected chi connectivity index (χ4v) is 0.279. The third-order valence-corrected chi connectivity index (χ3v) is 0.647. The smallest absolute Gasteiger partial charge is 0.276 e. The highest BCUT2D eigenvalue weighted by molar-refractivity contribution is 7.96. The van der Waals surface area contributed by atoms with Gasteiger partial charge in [0.2, 0.25) is 0 Å². The molecule has 46 valence electrons. The molecule has 3 nitrogen and oxygen atoms in total. The van der Waals surface area contributed by atoms with E-state index in [1.165, 1.54) is 6.92 Å². The van der Waals surface area contributed by atoms with Crippen molar-refractivity contribution in [2.24, 2.45) is 0 Å². The van der Waals surface area contributed by atoms with Gasteiger partial charge in [-0.05, 0) is 6.92 Å². The molecule has 4 heteroatoms. The van der Waals surface area contributed by atoms with Crippen molar-refractivity contribution in [3.8, 4) is 0 Å². The first kappa shape index (κ1) is 7.49. The standard InChI is InChI=1S/C4H7NO2S/c1-3(6)2-5-4(7)8/h2H2,1H3,(H2,5,7,8). The molecular weight excluding hydrogens is 126 g/mol. The Hall–Kier alpha value is -0.510. The van der Waals surface area contributed by atoms with Gasteiger partial charge in [0.25, 0.3) is 5.24 Å². The molecule has 0 saturated heterocycles. The van der Waals surface area contributed by atoms with Crippen LogP contribution in [0.15, 0.2) is 0 Å². The van der Waals surface area contributed by atoms with Gasteiger partial charge in [0.05, 0.1) is 6.54 Å². The van der Waals surface area contributed by atoms with Crippen LogP contribution in [-0.4, -0.2) is 17.6 Å². The van der Waals surface area contributed by atoms with Crippen LogP contribution >= 0.6 is 12.6 Å². The number of carbonyl (C=O) groups is 2. The molecule has 1 N–H and O–H groups in total. The van der Waals surface area contributed by atoms with Crippen LogP contribution in [-0.2, 0) is 4.79 Å². The highest BCUT2D eigenvalue weighted by Crippen LogP contribution is 1.73. The molecule has 1 amide bonds. The van der Waals surface area contributed by atoms with Gasteiger partial charge in [0.15, 0.2) is 0 Å². The van der Waals surface area contributed by atoms with E-state index in [0.29, 0.717) is 0 Å². The SMILES string of the molecule is CC(=O)CNC(=O)S. The molecule has 0 aliphatic carbocycles. The number of hydrogen-bond donors (Lipinski definition) is 2. The number of ketones is 1. The molecule has 0 heterocycles. The molecule has 0 atom stereocenters. The van der Waals surface area contributed by atoms with Crippen molar-refractivity contribution >= 4 is 23.7 Å². The Balaban J connectivity index is 3.18. The van der Waals surface area contributed by atoms with Crippen LogP contribution in [0.25, 0.3) is 0 Å². The maximum atomic E-state index is 10.1. The first-order valence-electron chi connectivity index (χ1n) is 2.09. The Morgan fingerprint density at radius 1 is 1.62 bits per heavy atom. The quantitative estimate of drug-likeness (QED) is 0.529. The number of amides is 1. The van der Waals surface area contributed by atoms with Crippen LogP contribution in [0, 0.1) is 0 Å². The van der Waals surface area contributed by atoms with E-state index in [2.05, 4.69) is 17.9 Å². The minimum absolute atomic E-state index is 0.0718. The Bertz CT molecular complexity index is 98.6. The zero-order valence-electron chi connectivity index (χ0n) is 4.47. The van der Waals surface area contributed by atoms with Crippen molar-refractivity contribution < 1.29 is 9.59 Å². The van der Waals surface area contributed by atoms with E-state index >= 15 is 0 Å². The van der Waals surface area contributed by atoms with Gasteiger partial charge in [-0.2, -0.15) is 0 Å². The summed E-state index contributed by atoms with van der Waals surface area (Å²) in [5.74, 6) is -0.0765. The summed E-state index contributed by atoms with van der Waals surface area (Å²) in [5, 5.41) is 1.75. The highest BCUT2D eigenvalue weighted by atomic mass is 32.1. The summed E-state index contributed by atoms with van der Waals surface area (Å²) in [6, 6.07) is 0. The minimum atomic E-state index is -0.472. The zero-order chi connectivity index (χ0) is 6.57. The highest BCUT2D eigenvalue weighted by Gasteiger charge is 1.92. The van der Waals surface area contributed by atoms with Crippen molar-refractivity contribution in [2.45, 2.75) is 6.92 Å². The van der Waals surface area contributed by atoms with Gasteiger partial charge in [0, 0.05) is 0 Å². The van der Waals surface area contributed by atoms with Gasteiger partial charge >= 0.3 is 0 Å². The average Bonchev–Trinajstić information content (AvgIpc) is 1.61. The summed E-state index contributed by atoms with van der Waals surface area (Å²) in [4.78, 5) is 20.0. The number of nitrogens with one attached hydrogen (secondary N) is 1. The average molecular weight is 133 g/mol. The molecule has 8 heavy (non-hydrogen) atoms. The van der Waals surface area contributed by atoms with Gasteiger partial charge in [-0.25, -0.2) is 0 Å². The lowest BCUT2D eigenvalue weighted by Gasteiger charge is -1.92. The van der Waals surface area contributed by atoms with E-state index in [1.54, 1.807) is 0 Å². The molecule has 0 radical (unpaired) electrons. The van der Waals surface area contributed by atoms with Crippen LogP contribution in [0.5, 0.6) is 0 Å². The maximum Gasteiger partial charge on any atom is 0.276 e. The first-order chi connectivity index (χ1) is 3.63. The molecule has 0 aromatic heterocycles. The van der Waals surface area contributed by atoms with Crippen LogP contribution in [0.1, 0.15) is 6.92 Å². The second kappa shape index (κ2) is 3.49. The normalized spacial score (nSPS) is 8.25. The lowest BCUT2D eigenvalue weighted by atomic mass is 10.5. The third kappa shape index (κ3) is 5.49. The molecule has 0 aromatic carbocycles. The summed E-state index contributed by atoms with van der Waals surface area (Å²) < 4.78 is 0. The first-order valence-corrected chi connectivity index (χ1v) is 2.54. The maximum absolute atomic E-state index is 10.1. The molecule has 0 aliphatic heterocycles. The van der Waals surface area contributed by atoms with E-state index < -0.39 is 5.24 Å². The molecule has 0 fully saturated rings. The molecular formula is C4H7NO2S. The van der Waals surface area contributed by atoms with E-state index in [1.807, 2.05) is 0 Å². The fraction of sp³-hybridized carbons (Fsp3) is 0.500. The molecule has 0 aromatic rings. The van der Waals surface area contributed by atoms with Crippen LogP contribution in [0.3, 0.4) is 0 Å².